The van der Waals surface area contributed by atoms with Crippen LogP contribution in [0.4, 0.5) is 5.69 Å². The average Bonchev–Trinajstić information content (AvgIpc) is 3.01. The number of hydrogen-bond acceptors (Lipinski definition) is 5. The number of hydrogen-bond donors (Lipinski definition) is 1. The van der Waals surface area contributed by atoms with Gasteiger partial charge in [-0.1, -0.05) is 74.7 Å². The lowest BCUT2D eigenvalue weighted by Crippen LogP contribution is -2.54. The summed E-state index contributed by atoms with van der Waals surface area (Å²) in [6.07, 6.45) is 5.51. The van der Waals surface area contributed by atoms with E-state index in [1.165, 1.54) is 17.0 Å². The SMILES string of the molecule is CC[C@H](C(=O)NC1CCCCC1)N(Cc1cccc(OC)c1)C(=O)CN(c1ccccc1C)S(=O)(=O)c1ccccc1. The van der Waals surface area contributed by atoms with E-state index in [0.717, 1.165) is 42.0 Å². The monoisotopic (exact) mass is 591 g/mol. The molecule has 1 N–H and O–H groups in total. The number of benzene rings is 3. The molecule has 0 aliphatic heterocycles. The first-order chi connectivity index (χ1) is 20.2. The molecule has 0 unspecified atom stereocenters. The van der Waals surface area contributed by atoms with Crippen LogP contribution < -0.4 is 14.4 Å². The van der Waals surface area contributed by atoms with Gasteiger partial charge in [-0.05, 0) is 67.6 Å². The Morgan fingerprint density at radius 3 is 2.31 bits per heavy atom. The predicted molar refractivity (Wildman–Crippen MR) is 165 cm³/mol. The highest BCUT2D eigenvalue weighted by Gasteiger charge is 2.34. The summed E-state index contributed by atoms with van der Waals surface area (Å²) in [5.41, 5.74) is 1.90. The van der Waals surface area contributed by atoms with Gasteiger partial charge in [-0.3, -0.25) is 13.9 Å². The van der Waals surface area contributed by atoms with Gasteiger partial charge in [0.05, 0.1) is 17.7 Å². The summed E-state index contributed by atoms with van der Waals surface area (Å²) in [5, 5.41) is 3.17. The zero-order valence-electron chi connectivity index (χ0n) is 24.7. The summed E-state index contributed by atoms with van der Waals surface area (Å²) < 4.78 is 34.5. The van der Waals surface area contributed by atoms with Gasteiger partial charge in [0.15, 0.2) is 0 Å². The second-order valence-electron chi connectivity index (χ2n) is 10.8. The molecule has 8 nitrogen and oxygen atoms in total. The Morgan fingerprint density at radius 2 is 1.64 bits per heavy atom. The van der Waals surface area contributed by atoms with Crippen molar-refractivity contribution in [3.8, 4) is 5.75 Å². The highest BCUT2D eigenvalue weighted by molar-refractivity contribution is 7.92. The fourth-order valence-corrected chi connectivity index (χ4v) is 7.01. The Balaban J connectivity index is 1.71. The molecule has 1 aliphatic carbocycles. The number of ether oxygens (including phenoxy) is 1. The molecule has 0 saturated heterocycles. The number of para-hydroxylation sites is 1. The summed E-state index contributed by atoms with van der Waals surface area (Å²) >= 11 is 0. The number of nitrogens with zero attached hydrogens (tertiary/aromatic N) is 2. The second-order valence-corrected chi connectivity index (χ2v) is 12.6. The van der Waals surface area contributed by atoms with Crippen molar-refractivity contribution in [2.24, 2.45) is 0 Å². The summed E-state index contributed by atoms with van der Waals surface area (Å²) in [5.74, 6) is -0.0481. The number of sulfonamides is 1. The van der Waals surface area contributed by atoms with Crippen molar-refractivity contribution in [1.29, 1.82) is 0 Å². The van der Waals surface area contributed by atoms with Crippen LogP contribution in [0.2, 0.25) is 0 Å². The number of carbonyl (C=O) groups excluding carboxylic acids is 2. The van der Waals surface area contributed by atoms with Crippen LogP contribution in [0, 0.1) is 6.92 Å². The first-order valence-electron chi connectivity index (χ1n) is 14.6. The predicted octanol–water partition coefficient (Wildman–Crippen LogP) is 5.46. The van der Waals surface area contributed by atoms with Crippen molar-refractivity contribution >= 4 is 27.5 Å². The fraction of sp³-hybridized carbons (Fsp3) is 0.394. The van der Waals surface area contributed by atoms with Crippen LogP contribution in [0.25, 0.3) is 0 Å². The van der Waals surface area contributed by atoms with E-state index in [2.05, 4.69) is 5.32 Å². The van der Waals surface area contributed by atoms with Crippen LogP contribution in [0.1, 0.15) is 56.6 Å². The summed E-state index contributed by atoms with van der Waals surface area (Å²) in [7, 11) is -2.53. The quantitative estimate of drug-likeness (QED) is 0.302. The lowest BCUT2D eigenvalue weighted by Gasteiger charge is -2.34. The van der Waals surface area contributed by atoms with Crippen LogP contribution in [0.15, 0.2) is 83.8 Å². The minimum atomic E-state index is -4.10. The maximum atomic E-state index is 14.3. The average molecular weight is 592 g/mol. The summed E-state index contributed by atoms with van der Waals surface area (Å²) in [4.78, 5) is 29.5. The number of rotatable bonds is 12. The number of carbonyl (C=O) groups is 2. The van der Waals surface area contributed by atoms with Gasteiger partial charge in [0, 0.05) is 12.6 Å². The highest BCUT2D eigenvalue weighted by atomic mass is 32.2. The molecular formula is C33H41N3O5S. The zero-order chi connectivity index (χ0) is 30.1. The molecule has 0 radical (unpaired) electrons. The van der Waals surface area contributed by atoms with Crippen molar-refractivity contribution in [3.05, 3.63) is 90.0 Å². The third-order valence-electron chi connectivity index (χ3n) is 7.82. The molecule has 1 fully saturated rings. The number of amides is 2. The van der Waals surface area contributed by atoms with E-state index in [0.29, 0.717) is 23.4 Å². The Hall–Kier alpha value is -3.85. The van der Waals surface area contributed by atoms with E-state index in [1.807, 2.05) is 50.2 Å². The minimum absolute atomic E-state index is 0.0796. The van der Waals surface area contributed by atoms with E-state index in [-0.39, 0.29) is 23.4 Å². The number of methoxy groups -OCH3 is 1. The molecule has 0 bridgehead atoms. The van der Waals surface area contributed by atoms with E-state index in [4.69, 9.17) is 4.74 Å². The van der Waals surface area contributed by atoms with Crippen LogP contribution in [0.3, 0.4) is 0 Å². The zero-order valence-corrected chi connectivity index (χ0v) is 25.5. The molecule has 9 heteroatoms. The van der Waals surface area contributed by atoms with E-state index >= 15 is 0 Å². The summed E-state index contributed by atoms with van der Waals surface area (Å²) in [6, 6.07) is 21.8. The number of nitrogens with one attached hydrogen (secondary N) is 1. The maximum absolute atomic E-state index is 14.3. The molecule has 0 heterocycles. The minimum Gasteiger partial charge on any atom is -0.497 e. The molecule has 42 heavy (non-hydrogen) atoms. The van der Waals surface area contributed by atoms with Crippen molar-refractivity contribution in [2.45, 2.75) is 75.9 Å². The summed E-state index contributed by atoms with van der Waals surface area (Å²) in [6.45, 7) is 3.35. The first kappa shape index (κ1) is 31.1. The third kappa shape index (κ3) is 7.50. The van der Waals surface area contributed by atoms with E-state index < -0.39 is 28.5 Å². The van der Waals surface area contributed by atoms with Gasteiger partial charge in [-0.25, -0.2) is 8.42 Å². The van der Waals surface area contributed by atoms with E-state index in [9.17, 15) is 18.0 Å². The van der Waals surface area contributed by atoms with Crippen LogP contribution in [-0.2, 0) is 26.2 Å². The second kappa shape index (κ2) is 14.4. The molecule has 3 aromatic carbocycles. The Bertz CT molecular complexity index is 1460. The van der Waals surface area contributed by atoms with Gasteiger partial charge in [-0.15, -0.1) is 0 Å². The van der Waals surface area contributed by atoms with Crippen LogP contribution in [0.5, 0.6) is 5.75 Å². The molecule has 1 saturated carbocycles. The van der Waals surface area contributed by atoms with Gasteiger partial charge < -0.3 is 15.0 Å². The van der Waals surface area contributed by atoms with Gasteiger partial charge >= 0.3 is 0 Å². The normalized spacial score (nSPS) is 14.5. The Kier molecular flexibility index (Phi) is 10.6. The van der Waals surface area contributed by atoms with Gasteiger partial charge in [0.25, 0.3) is 10.0 Å². The van der Waals surface area contributed by atoms with Gasteiger partial charge in [0.2, 0.25) is 11.8 Å². The molecule has 3 aromatic rings. The highest BCUT2D eigenvalue weighted by Crippen LogP contribution is 2.28. The molecular weight excluding hydrogens is 550 g/mol. The molecule has 2 amide bonds. The number of aryl methyl sites for hydroxylation is 1. The van der Waals surface area contributed by atoms with Crippen LogP contribution in [-0.4, -0.2) is 50.9 Å². The van der Waals surface area contributed by atoms with E-state index in [1.54, 1.807) is 37.4 Å². The molecule has 0 aromatic heterocycles. The third-order valence-corrected chi connectivity index (χ3v) is 9.59. The fourth-order valence-electron chi connectivity index (χ4n) is 5.51. The van der Waals surface area contributed by atoms with Crippen molar-refractivity contribution in [1.82, 2.24) is 10.2 Å². The molecule has 224 valence electrons. The molecule has 4 rings (SSSR count). The lowest BCUT2D eigenvalue weighted by atomic mass is 9.95. The maximum Gasteiger partial charge on any atom is 0.264 e. The van der Waals surface area contributed by atoms with Crippen molar-refractivity contribution < 1.29 is 22.7 Å². The smallest absolute Gasteiger partial charge is 0.264 e. The Morgan fingerprint density at radius 1 is 0.952 bits per heavy atom. The topological polar surface area (TPSA) is 96.0 Å². The standard InChI is InChI=1S/C33H41N3O5S/c1-4-30(33(38)34-27-16-7-5-8-17-27)35(23-26-15-13-18-28(22-26)41-3)32(37)24-36(31-21-12-11-14-25(31)2)42(39,40)29-19-9-6-10-20-29/h6,9-15,18-22,27,30H,4-5,7-8,16-17,23-24H2,1-3H3,(H,34,38)/t30-/m1/s1. The van der Waals surface area contributed by atoms with Gasteiger partial charge in [0.1, 0.15) is 18.3 Å². The molecule has 1 aliphatic rings. The van der Waals surface area contributed by atoms with Gasteiger partial charge in [-0.2, -0.15) is 0 Å². The van der Waals surface area contributed by atoms with Crippen molar-refractivity contribution in [3.63, 3.8) is 0 Å². The van der Waals surface area contributed by atoms with Crippen LogP contribution >= 0.6 is 0 Å². The molecule has 0 spiro atoms. The Labute approximate surface area is 249 Å². The molecule has 1 atom stereocenters. The lowest BCUT2D eigenvalue weighted by molar-refractivity contribution is -0.140. The van der Waals surface area contributed by atoms with Crippen molar-refractivity contribution in [2.75, 3.05) is 18.0 Å². The number of anilines is 1. The largest absolute Gasteiger partial charge is 0.497 e. The first-order valence-corrected chi connectivity index (χ1v) is 16.0.